The van der Waals surface area contributed by atoms with Gasteiger partial charge in [0, 0.05) is 35.4 Å². The minimum Gasteiger partial charge on any atom is -0.329 e. The first-order valence-electron chi connectivity index (χ1n) is 6.95. The van der Waals surface area contributed by atoms with Gasteiger partial charge in [-0.1, -0.05) is 12.1 Å². The minimum absolute atomic E-state index is 0.332. The van der Waals surface area contributed by atoms with E-state index >= 15 is 0 Å². The molecule has 0 bridgehead atoms. The van der Waals surface area contributed by atoms with Crippen LogP contribution in [0.1, 0.15) is 22.0 Å². The Kier molecular flexibility index (Phi) is 4.46. The number of hydrogen-bond donors (Lipinski definition) is 1. The molecule has 1 aromatic heterocycles. The Balaban J connectivity index is 1.79. The fraction of sp³-hybridized carbons (Fsp3) is 0.375. The van der Waals surface area contributed by atoms with E-state index in [4.69, 9.17) is 5.73 Å². The summed E-state index contributed by atoms with van der Waals surface area (Å²) in [7, 11) is 0. The highest BCUT2D eigenvalue weighted by atomic mass is 32.2. The molecule has 0 aliphatic carbocycles. The molecular weight excluding hydrogens is 284 g/mol. The van der Waals surface area contributed by atoms with Crippen molar-refractivity contribution in [2.45, 2.75) is 23.9 Å². The molecule has 3 rings (SSSR count). The fourth-order valence-corrected chi connectivity index (χ4v) is 4.16. The zero-order chi connectivity index (χ0) is 13.9. The smallest absolute Gasteiger partial charge is 0.0474 e. The SMILES string of the molecule is CSc1ccc([C@@H](CN)N2CCc3sccc3C2)cc1. The molecule has 2 aromatic rings. The van der Waals surface area contributed by atoms with Gasteiger partial charge >= 0.3 is 0 Å². The lowest BCUT2D eigenvalue weighted by atomic mass is 10.0. The third kappa shape index (κ3) is 2.79. The van der Waals surface area contributed by atoms with Crippen molar-refractivity contribution in [2.24, 2.45) is 5.73 Å². The molecule has 0 amide bonds. The number of thiophene rings is 1. The molecule has 0 radical (unpaired) electrons. The van der Waals surface area contributed by atoms with E-state index in [0.29, 0.717) is 12.6 Å². The van der Waals surface area contributed by atoms with E-state index in [1.807, 2.05) is 11.3 Å². The number of nitrogens with zero attached hydrogens (tertiary/aromatic N) is 1. The third-order valence-corrected chi connectivity index (χ3v) is 5.77. The normalized spacial score (nSPS) is 16.9. The minimum atomic E-state index is 0.332. The second-order valence-corrected chi connectivity index (χ2v) is 6.99. The number of thioether (sulfide) groups is 1. The molecular formula is C16H20N2S2. The van der Waals surface area contributed by atoms with Crippen molar-refractivity contribution in [1.82, 2.24) is 4.90 Å². The quantitative estimate of drug-likeness (QED) is 0.876. The second kappa shape index (κ2) is 6.31. The van der Waals surface area contributed by atoms with Gasteiger partial charge in [0.15, 0.2) is 0 Å². The van der Waals surface area contributed by atoms with E-state index in [1.165, 1.54) is 16.0 Å². The summed E-state index contributed by atoms with van der Waals surface area (Å²) in [6.07, 6.45) is 3.27. The Morgan fingerprint density at radius 3 is 2.80 bits per heavy atom. The Bertz CT molecular complexity index is 562. The summed E-state index contributed by atoms with van der Waals surface area (Å²) < 4.78 is 0. The van der Waals surface area contributed by atoms with Crippen molar-refractivity contribution in [3.63, 3.8) is 0 Å². The van der Waals surface area contributed by atoms with Gasteiger partial charge in [-0.15, -0.1) is 23.1 Å². The average Bonchev–Trinajstić information content (AvgIpc) is 2.96. The van der Waals surface area contributed by atoms with Crippen molar-refractivity contribution >= 4 is 23.1 Å². The van der Waals surface area contributed by atoms with Crippen molar-refractivity contribution in [2.75, 3.05) is 19.3 Å². The number of hydrogen-bond acceptors (Lipinski definition) is 4. The van der Waals surface area contributed by atoms with E-state index in [-0.39, 0.29) is 0 Å². The first-order valence-corrected chi connectivity index (χ1v) is 9.05. The Morgan fingerprint density at radius 1 is 1.30 bits per heavy atom. The van der Waals surface area contributed by atoms with E-state index in [0.717, 1.165) is 19.5 Å². The maximum Gasteiger partial charge on any atom is 0.0474 e. The summed E-state index contributed by atoms with van der Waals surface area (Å²) in [6, 6.07) is 11.4. The number of benzene rings is 1. The summed E-state index contributed by atoms with van der Waals surface area (Å²) in [4.78, 5) is 5.38. The molecule has 2 heterocycles. The maximum absolute atomic E-state index is 6.06. The fourth-order valence-electron chi connectivity index (χ4n) is 2.86. The molecule has 106 valence electrons. The van der Waals surface area contributed by atoms with Crippen LogP contribution in [-0.2, 0) is 13.0 Å². The number of fused-ring (bicyclic) bond motifs is 1. The maximum atomic E-state index is 6.06. The summed E-state index contributed by atoms with van der Waals surface area (Å²) in [6.45, 7) is 2.82. The third-order valence-electron chi connectivity index (χ3n) is 4.00. The number of nitrogens with two attached hydrogens (primary N) is 1. The van der Waals surface area contributed by atoms with Crippen LogP contribution in [0.15, 0.2) is 40.6 Å². The predicted octanol–water partition coefficient (Wildman–Crippen LogP) is 3.53. The second-order valence-electron chi connectivity index (χ2n) is 5.11. The summed E-state index contributed by atoms with van der Waals surface area (Å²) in [5.41, 5.74) is 8.88. The summed E-state index contributed by atoms with van der Waals surface area (Å²) in [5.74, 6) is 0. The monoisotopic (exact) mass is 304 g/mol. The average molecular weight is 304 g/mol. The van der Waals surface area contributed by atoms with Crippen LogP contribution < -0.4 is 5.73 Å². The molecule has 1 aliphatic rings. The van der Waals surface area contributed by atoms with Crippen LogP contribution in [0.3, 0.4) is 0 Å². The van der Waals surface area contributed by atoms with Gasteiger partial charge in [0.05, 0.1) is 0 Å². The molecule has 1 aromatic carbocycles. The van der Waals surface area contributed by atoms with Crippen molar-refractivity contribution in [3.05, 3.63) is 51.7 Å². The zero-order valence-corrected chi connectivity index (χ0v) is 13.3. The first-order chi connectivity index (χ1) is 9.81. The highest BCUT2D eigenvalue weighted by Gasteiger charge is 2.24. The highest BCUT2D eigenvalue weighted by Crippen LogP contribution is 2.30. The van der Waals surface area contributed by atoms with Crippen molar-refractivity contribution in [1.29, 1.82) is 0 Å². The van der Waals surface area contributed by atoms with Crippen LogP contribution in [0.25, 0.3) is 0 Å². The standard InChI is InChI=1S/C16H20N2S2/c1-19-14-4-2-12(3-5-14)15(10-17)18-8-6-16-13(11-18)7-9-20-16/h2-5,7,9,15H,6,8,10-11,17H2,1H3/t15-/m1/s1. The largest absolute Gasteiger partial charge is 0.329 e. The molecule has 1 aliphatic heterocycles. The zero-order valence-electron chi connectivity index (χ0n) is 11.7. The Hall–Kier alpha value is -0.810. The van der Waals surface area contributed by atoms with E-state index in [9.17, 15) is 0 Å². The molecule has 20 heavy (non-hydrogen) atoms. The van der Waals surface area contributed by atoms with Crippen LogP contribution in [0.5, 0.6) is 0 Å². The lowest BCUT2D eigenvalue weighted by Crippen LogP contribution is -2.37. The van der Waals surface area contributed by atoms with Crippen molar-refractivity contribution < 1.29 is 0 Å². The van der Waals surface area contributed by atoms with Gasteiger partial charge in [-0.3, -0.25) is 4.90 Å². The molecule has 0 spiro atoms. The van der Waals surface area contributed by atoms with Crippen molar-refractivity contribution in [3.8, 4) is 0 Å². The van der Waals surface area contributed by atoms with Crippen LogP contribution in [-0.4, -0.2) is 24.2 Å². The van der Waals surface area contributed by atoms with Gasteiger partial charge in [-0.05, 0) is 47.4 Å². The summed E-state index contributed by atoms with van der Waals surface area (Å²) in [5, 5.41) is 2.21. The molecule has 0 saturated carbocycles. The van der Waals surface area contributed by atoms with E-state index < -0.39 is 0 Å². The van der Waals surface area contributed by atoms with Crippen LogP contribution in [0, 0.1) is 0 Å². The summed E-state index contributed by atoms with van der Waals surface area (Å²) >= 11 is 3.67. The molecule has 2 N–H and O–H groups in total. The molecule has 4 heteroatoms. The Labute approximate surface area is 129 Å². The van der Waals surface area contributed by atoms with E-state index in [2.05, 4.69) is 46.9 Å². The lowest BCUT2D eigenvalue weighted by Gasteiger charge is -2.34. The topological polar surface area (TPSA) is 29.3 Å². The van der Waals surface area contributed by atoms with Crippen LogP contribution in [0.2, 0.25) is 0 Å². The molecule has 2 nitrogen and oxygen atoms in total. The Morgan fingerprint density at radius 2 is 2.10 bits per heavy atom. The van der Waals surface area contributed by atoms with Crippen LogP contribution in [0.4, 0.5) is 0 Å². The highest BCUT2D eigenvalue weighted by molar-refractivity contribution is 7.98. The molecule has 1 atom stereocenters. The van der Waals surface area contributed by atoms with Gasteiger partial charge in [0.1, 0.15) is 0 Å². The number of rotatable bonds is 4. The van der Waals surface area contributed by atoms with Gasteiger partial charge in [0.25, 0.3) is 0 Å². The van der Waals surface area contributed by atoms with Gasteiger partial charge in [0.2, 0.25) is 0 Å². The molecule has 0 saturated heterocycles. The van der Waals surface area contributed by atoms with Gasteiger partial charge < -0.3 is 5.73 Å². The van der Waals surface area contributed by atoms with Gasteiger partial charge in [-0.2, -0.15) is 0 Å². The van der Waals surface area contributed by atoms with Crippen LogP contribution >= 0.6 is 23.1 Å². The predicted molar refractivity (Wildman–Crippen MR) is 88.5 cm³/mol. The lowest BCUT2D eigenvalue weighted by molar-refractivity contribution is 0.185. The first kappa shape index (κ1) is 14.1. The van der Waals surface area contributed by atoms with E-state index in [1.54, 1.807) is 16.6 Å². The van der Waals surface area contributed by atoms with Gasteiger partial charge in [-0.25, -0.2) is 0 Å². The molecule has 0 fully saturated rings. The molecule has 0 unspecified atom stereocenters.